The van der Waals surface area contributed by atoms with Crippen molar-refractivity contribution in [1.29, 1.82) is 0 Å². The van der Waals surface area contributed by atoms with Gasteiger partial charge in [0.15, 0.2) is 0 Å². The van der Waals surface area contributed by atoms with Crippen LogP contribution in [0.2, 0.25) is 5.02 Å². The number of aromatic nitrogens is 3. The summed E-state index contributed by atoms with van der Waals surface area (Å²) >= 11 is 5.96. The average molecular weight is 262 g/mol. The predicted octanol–water partition coefficient (Wildman–Crippen LogP) is 3.57. The zero-order valence-electron chi connectivity index (χ0n) is 9.84. The molecule has 0 amide bonds. The van der Waals surface area contributed by atoms with Gasteiger partial charge in [0.25, 0.3) is 0 Å². The van der Waals surface area contributed by atoms with Gasteiger partial charge in [-0.3, -0.25) is 0 Å². The Balaban J connectivity index is 2.15. The molecule has 2 heterocycles. The predicted molar refractivity (Wildman–Crippen MR) is 73.4 cm³/mol. The Kier molecular flexibility index (Phi) is 2.28. The Morgan fingerprint density at radius 2 is 2.06 bits per heavy atom. The van der Waals surface area contributed by atoms with Crippen molar-refractivity contribution < 1.29 is 5.11 Å². The van der Waals surface area contributed by atoms with Crippen LogP contribution in [0.5, 0.6) is 0 Å². The monoisotopic (exact) mass is 261 g/mol. The number of benzene rings is 1. The van der Waals surface area contributed by atoms with Gasteiger partial charge >= 0.3 is 0 Å². The molecule has 0 saturated heterocycles. The molecule has 0 fully saturated rings. The van der Waals surface area contributed by atoms with Crippen LogP contribution in [0.4, 0.5) is 0 Å². The third kappa shape index (κ3) is 1.39. The number of aliphatic hydroxyl groups excluding tert-OH is 1. The fourth-order valence-corrected chi connectivity index (χ4v) is 2.18. The van der Waals surface area contributed by atoms with Crippen LogP contribution in [0.3, 0.4) is 0 Å². The van der Waals surface area contributed by atoms with Gasteiger partial charge in [-0.15, -0.1) is 14.1 Å². The van der Waals surface area contributed by atoms with Gasteiger partial charge < -0.3 is 5.11 Å². The standard InChI is InChI=1S/C13H12ClN3O/c1-3-4-5-11(9(2)18)15-16-12-7-6-10(14)8-13(12)17(15)16/h3-8,18H,1H2,2H3/b5-4-,11-9-. The average Bonchev–Trinajstić information content (AvgIpc) is 2.96. The van der Waals surface area contributed by atoms with Crippen LogP contribution in [-0.2, 0) is 0 Å². The fourth-order valence-electron chi connectivity index (χ4n) is 2.01. The molecule has 0 aliphatic heterocycles. The van der Waals surface area contributed by atoms with Gasteiger partial charge in [-0.25, -0.2) is 0 Å². The molecular formula is C13H12ClN3O. The van der Waals surface area contributed by atoms with E-state index in [2.05, 4.69) is 6.58 Å². The Labute approximate surface area is 109 Å². The molecule has 5 heteroatoms. The molecule has 3 aromatic rings. The second-order valence-electron chi connectivity index (χ2n) is 4.07. The van der Waals surface area contributed by atoms with E-state index < -0.39 is 0 Å². The summed E-state index contributed by atoms with van der Waals surface area (Å²) < 4.78 is 3.89. The number of hydrogen-bond donors (Lipinski definition) is 1. The highest BCUT2D eigenvalue weighted by Gasteiger charge is 2.25. The molecule has 0 aliphatic carbocycles. The smallest absolute Gasteiger partial charge is 0.123 e. The first-order chi connectivity index (χ1) is 8.65. The molecule has 0 atom stereocenters. The molecule has 0 aliphatic rings. The minimum absolute atomic E-state index is 0.250. The Hall–Kier alpha value is -2.07. The van der Waals surface area contributed by atoms with Crippen molar-refractivity contribution in [3.63, 3.8) is 0 Å². The van der Waals surface area contributed by atoms with E-state index >= 15 is 0 Å². The number of hydrogen-bond acceptors (Lipinski definition) is 1. The van der Waals surface area contributed by atoms with E-state index in [-0.39, 0.29) is 5.76 Å². The molecule has 0 radical (unpaired) electrons. The van der Waals surface area contributed by atoms with Crippen molar-refractivity contribution in [3.05, 3.63) is 53.8 Å². The van der Waals surface area contributed by atoms with Crippen LogP contribution >= 0.6 is 11.6 Å². The molecule has 92 valence electrons. The molecule has 0 unspecified atom stereocenters. The van der Waals surface area contributed by atoms with Crippen LogP contribution in [0.25, 0.3) is 16.7 Å². The lowest BCUT2D eigenvalue weighted by atomic mass is 10.3. The maximum Gasteiger partial charge on any atom is 0.123 e. The maximum absolute atomic E-state index is 9.72. The number of rotatable bonds is 3. The highest BCUT2D eigenvalue weighted by atomic mass is 35.5. The zero-order valence-corrected chi connectivity index (χ0v) is 10.6. The van der Waals surface area contributed by atoms with E-state index in [1.807, 2.05) is 38.3 Å². The van der Waals surface area contributed by atoms with Gasteiger partial charge in [0.2, 0.25) is 0 Å². The van der Waals surface area contributed by atoms with Crippen LogP contribution < -0.4 is 0 Å². The summed E-state index contributed by atoms with van der Waals surface area (Å²) in [4.78, 5) is 1.87. The summed E-state index contributed by atoms with van der Waals surface area (Å²) in [5.41, 5.74) is 2.82. The van der Waals surface area contributed by atoms with Gasteiger partial charge in [-0.05, 0) is 31.2 Å². The van der Waals surface area contributed by atoms with Crippen molar-refractivity contribution in [2.75, 3.05) is 0 Å². The normalized spacial score (nSPS) is 14.1. The minimum Gasteiger partial charge on any atom is -0.510 e. The van der Waals surface area contributed by atoms with Crippen LogP contribution in [0, 0.1) is 0 Å². The van der Waals surface area contributed by atoms with Crippen LogP contribution in [0.15, 0.2) is 48.8 Å². The third-order valence-corrected chi connectivity index (χ3v) is 3.09. The van der Waals surface area contributed by atoms with E-state index in [1.165, 1.54) is 0 Å². The maximum atomic E-state index is 9.72. The number of fused-ring (bicyclic) bond motifs is 4. The first-order valence-electron chi connectivity index (χ1n) is 5.54. The lowest BCUT2D eigenvalue weighted by molar-refractivity contribution is 0.414. The number of allylic oxidation sites excluding steroid dienone is 5. The summed E-state index contributed by atoms with van der Waals surface area (Å²) in [7, 11) is 0. The number of aliphatic hydroxyl groups is 1. The molecule has 0 saturated carbocycles. The largest absolute Gasteiger partial charge is 0.510 e. The van der Waals surface area contributed by atoms with Crippen molar-refractivity contribution >= 4 is 28.3 Å². The van der Waals surface area contributed by atoms with Crippen molar-refractivity contribution in [3.8, 4) is 0 Å². The van der Waals surface area contributed by atoms with E-state index in [9.17, 15) is 5.11 Å². The summed E-state index contributed by atoms with van der Waals surface area (Å²) in [6, 6.07) is 5.70. The van der Waals surface area contributed by atoms with Crippen LogP contribution in [-0.4, -0.2) is 19.2 Å². The topological polar surface area (TPSA) is 34.0 Å². The van der Waals surface area contributed by atoms with Gasteiger partial charge in [0, 0.05) is 5.02 Å². The molecule has 0 spiro atoms. The van der Waals surface area contributed by atoms with E-state index in [0.717, 1.165) is 11.0 Å². The van der Waals surface area contributed by atoms with Crippen LogP contribution in [0.1, 0.15) is 6.92 Å². The Morgan fingerprint density at radius 1 is 1.33 bits per heavy atom. The highest BCUT2D eigenvalue weighted by molar-refractivity contribution is 6.31. The summed E-state index contributed by atoms with van der Waals surface area (Å²) in [6.45, 7) is 5.28. The molecule has 1 N–H and O–H groups in total. The Morgan fingerprint density at radius 3 is 2.72 bits per heavy atom. The third-order valence-electron chi connectivity index (χ3n) is 2.85. The highest BCUT2D eigenvalue weighted by Crippen LogP contribution is 2.29. The van der Waals surface area contributed by atoms with Crippen molar-refractivity contribution in [1.82, 2.24) is 14.1 Å². The number of nitrogens with zero attached hydrogens (tertiary/aromatic N) is 3. The minimum atomic E-state index is 0.250. The SMILES string of the molecule is C=C/C=C\C(=C(/C)O)n1n2c3ccc(Cl)cc3n12. The Bertz CT molecular complexity index is 780. The first kappa shape index (κ1) is 11.0. The van der Waals surface area contributed by atoms with E-state index in [4.69, 9.17) is 11.6 Å². The molecule has 4 nitrogen and oxygen atoms in total. The quantitative estimate of drug-likeness (QED) is 0.568. The van der Waals surface area contributed by atoms with E-state index in [0.29, 0.717) is 10.7 Å². The molecular weight excluding hydrogens is 250 g/mol. The van der Waals surface area contributed by atoms with Gasteiger partial charge in [0.1, 0.15) is 22.5 Å². The first-order valence-corrected chi connectivity index (χ1v) is 5.91. The van der Waals surface area contributed by atoms with E-state index in [1.54, 1.807) is 19.1 Å². The molecule has 2 aromatic heterocycles. The summed E-state index contributed by atoms with van der Waals surface area (Å²) in [5.74, 6) is 0.250. The second-order valence-corrected chi connectivity index (χ2v) is 4.50. The molecule has 0 bridgehead atoms. The lowest BCUT2D eigenvalue weighted by Crippen LogP contribution is -1.90. The second kappa shape index (κ2) is 3.71. The van der Waals surface area contributed by atoms with Crippen molar-refractivity contribution in [2.24, 2.45) is 0 Å². The van der Waals surface area contributed by atoms with Crippen molar-refractivity contribution in [2.45, 2.75) is 6.92 Å². The molecule has 1 aromatic carbocycles. The lowest BCUT2D eigenvalue weighted by Gasteiger charge is -1.95. The summed E-state index contributed by atoms with van der Waals surface area (Å²) in [5, 5.41) is 10.4. The van der Waals surface area contributed by atoms with Gasteiger partial charge in [0.05, 0.1) is 0 Å². The number of halogens is 1. The zero-order chi connectivity index (χ0) is 12.9. The molecule has 3 rings (SSSR count). The molecule has 18 heavy (non-hydrogen) atoms. The fraction of sp³-hybridized carbons (Fsp3) is 0.0769. The van der Waals surface area contributed by atoms with Gasteiger partial charge in [-0.2, -0.15) is 0 Å². The van der Waals surface area contributed by atoms with Gasteiger partial charge in [-0.1, -0.05) is 30.3 Å². The summed E-state index contributed by atoms with van der Waals surface area (Å²) in [6.07, 6.45) is 5.26.